The molecule has 0 aliphatic carbocycles. The Labute approximate surface area is 147 Å². The van der Waals surface area contributed by atoms with Crippen LogP contribution >= 0.6 is 12.4 Å². The van der Waals surface area contributed by atoms with Crippen LogP contribution < -0.4 is 15.4 Å². The van der Waals surface area contributed by atoms with Crippen LogP contribution in [0.25, 0.3) is 0 Å². The van der Waals surface area contributed by atoms with Crippen LogP contribution in [0.5, 0.6) is 5.75 Å². The summed E-state index contributed by atoms with van der Waals surface area (Å²) in [5, 5.41) is 19.9. The van der Waals surface area contributed by atoms with E-state index in [4.69, 9.17) is 4.74 Å². The molecule has 0 radical (unpaired) electrons. The lowest BCUT2D eigenvalue weighted by Gasteiger charge is -2.17. The standard InChI is InChI=1S/C16H22N4O3.ClH/c1-17-15(12-8-19-20(2)10-12)16(22)18-9-14(21)11-4-6-13(23-3)7-5-11;/h4-8,10,14-15,17,21H,9H2,1-3H3,(H,18,22);1H. The molecule has 2 aromatic rings. The normalized spacial score (nSPS) is 12.8. The van der Waals surface area contributed by atoms with Gasteiger partial charge in [0.1, 0.15) is 11.8 Å². The SMILES string of the molecule is CNC(C(=O)NCC(O)c1ccc(OC)cc1)c1cnn(C)c1.Cl. The number of aliphatic hydroxyl groups is 1. The summed E-state index contributed by atoms with van der Waals surface area (Å²) >= 11 is 0. The second-order valence-corrected chi connectivity index (χ2v) is 5.20. The van der Waals surface area contributed by atoms with Gasteiger partial charge in [-0.2, -0.15) is 5.10 Å². The Hall–Kier alpha value is -2.09. The summed E-state index contributed by atoms with van der Waals surface area (Å²) in [6.07, 6.45) is 2.64. The van der Waals surface area contributed by atoms with E-state index < -0.39 is 12.1 Å². The van der Waals surface area contributed by atoms with Crippen molar-refractivity contribution in [3.8, 4) is 5.75 Å². The molecule has 0 aliphatic heterocycles. The number of benzene rings is 1. The highest BCUT2D eigenvalue weighted by molar-refractivity contribution is 5.85. The molecule has 1 heterocycles. The number of hydrogen-bond donors (Lipinski definition) is 3. The number of aryl methyl sites for hydroxylation is 1. The maximum atomic E-state index is 12.3. The third-order valence-electron chi connectivity index (χ3n) is 3.58. The topological polar surface area (TPSA) is 88.4 Å². The van der Waals surface area contributed by atoms with Crippen molar-refractivity contribution in [2.24, 2.45) is 7.05 Å². The number of carbonyl (C=O) groups excluding carboxylic acids is 1. The Bertz CT molecular complexity index is 645. The summed E-state index contributed by atoms with van der Waals surface area (Å²) in [7, 11) is 5.08. The third-order valence-corrected chi connectivity index (χ3v) is 3.58. The van der Waals surface area contributed by atoms with E-state index in [1.165, 1.54) is 0 Å². The molecular weight excluding hydrogens is 332 g/mol. The van der Waals surface area contributed by atoms with Gasteiger partial charge in [0.25, 0.3) is 0 Å². The molecule has 1 amide bonds. The van der Waals surface area contributed by atoms with Crippen molar-refractivity contribution in [3.05, 3.63) is 47.8 Å². The van der Waals surface area contributed by atoms with Crippen molar-refractivity contribution in [1.29, 1.82) is 0 Å². The number of nitrogens with one attached hydrogen (secondary N) is 2. The van der Waals surface area contributed by atoms with Gasteiger partial charge in [0.2, 0.25) is 5.91 Å². The van der Waals surface area contributed by atoms with Crippen molar-refractivity contribution in [2.75, 3.05) is 20.7 Å². The smallest absolute Gasteiger partial charge is 0.241 e. The molecule has 0 saturated carbocycles. The third kappa shape index (κ3) is 4.95. The number of nitrogens with zero attached hydrogens (tertiary/aromatic N) is 2. The summed E-state index contributed by atoms with van der Waals surface area (Å²) in [4.78, 5) is 12.3. The van der Waals surface area contributed by atoms with Crippen molar-refractivity contribution in [1.82, 2.24) is 20.4 Å². The molecule has 24 heavy (non-hydrogen) atoms. The molecule has 2 atom stereocenters. The minimum atomic E-state index is -0.781. The van der Waals surface area contributed by atoms with Crippen LogP contribution in [0.1, 0.15) is 23.3 Å². The molecule has 8 heteroatoms. The molecule has 0 bridgehead atoms. The fourth-order valence-corrected chi connectivity index (χ4v) is 2.28. The highest BCUT2D eigenvalue weighted by Crippen LogP contribution is 2.17. The summed E-state index contributed by atoms with van der Waals surface area (Å²) in [5.41, 5.74) is 1.49. The number of amides is 1. The van der Waals surface area contributed by atoms with Crippen LogP contribution in [0.2, 0.25) is 0 Å². The lowest BCUT2D eigenvalue weighted by molar-refractivity contribution is -0.123. The van der Waals surface area contributed by atoms with Crippen molar-refractivity contribution in [3.63, 3.8) is 0 Å². The maximum absolute atomic E-state index is 12.3. The number of aliphatic hydroxyl groups excluding tert-OH is 1. The molecule has 132 valence electrons. The molecular formula is C16H23ClN4O3. The van der Waals surface area contributed by atoms with Crippen LogP contribution in [-0.2, 0) is 11.8 Å². The minimum absolute atomic E-state index is 0. The highest BCUT2D eigenvalue weighted by Gasteiger charge is 2.20. The van der Waals surface area contributed by atoms with E-state index >= 15 is 0 Å². The van der Waals surface area contributed by atoms with E-state index in [1.807, 2.05) is 0 Å². The van der Waals surface area contributed by atoms with Crippen molar-refractivity contribution in [2.45, 2.75) is 12.1 Å². The number of halogens is 1. The summed E-state index contributed by atoms with van der Waals surface area (Å²) in [5.74, 6) is 0.505. The number of hydrogen-bond acceptors (Lipinski definition) is 5. The van der Waals surface area contributed by atoms with Gasteiger partial charge in [-0.25, -0.2) is 0 Å². The van der Waals surface area contributed by atoms with Gasteiger partial charge in [-0.3, -0.25) is 9.48 Å². The monoisotopic (exact) mass is 354 g/mol. The van der Waals surface area contributed by atoms with Gasteiger partial charge in [-0.1, -0.05) is 12.1 Å². The van der Waals surface area contributed by atoms with Gasteiger partial charge < -0.3 is 20.5 Å². The molecule has 1 aromatic heterocycles. The van der Waals surface area contributed by atoms with Gasteiger partial charge in [-0.05, 0) is 24.7 Å². The predicted molar refractivity (Wildman–Crippen MR) is 93.2 cm³/mol. The quantitative estimate of drug-likeness (QED) is 0.689. The fraction of sp³-hybridized carbons (Fsp3) is 0.375. The molecule has 1 aromatic carbocycles. The van der Waals surface area contributed by atoms with Gasteiger partial charge >= 0.3 is 0 Å². The van der Waals surface area contributed by atoms with Gasteiger partial charge in [0.15, 0.2) is 0 Å². The fourth-order valence-electron chi connectivity index (χ4n) is 2.28. The van der Waals surface area contributed by atoms with E-state index in [2.05, 4.69) is 15.7 Å². The number of methoxy groups -OCH3 is 1. The summed E-state index contributed by atoms with van der Waals surface area (Å²) in [6.45, 7) is 0.129. The number of ether oxygens (including phenoxy) is 1. The maximum Gasteiger partial charge on any atom is 0.241 e. The van der Waals surface area contributed by atoms with Crippen LogP contribution in [-0.4, -0.2) is 41.5 Å². The molecule has 0 saturated heterocycles. The van der Waals surface area contributed by atoms with Crippen LogP contribution in [0.3, 0.4) is 0 Å². The van der Waals surface area contributed by atoms with Crippen molar-refractivity contribution < 1.29 is 14.6 Å². The van der Waals surface area contributed by atoms with Gasteiger partial charge in [0, 0.05) is 25.4 Å². The zero-order valence-electron chi connectivity index (χ0n) is 13.9. The molecule has 0 spiro atoms. The zero-order chi connectivity index (χ0) is 16.8. The number of rotatable bonds is 7. The Morgan fingerprint density at radius 2 is 2.00 bits per heavy atom. The van der Waals surface area contributed by atoms with E-state index in [1.54, 1.807) is 62.5 Å². The zero-order valence-corrected chi connectivity index (χ0v) is 14.7. The van der Waals surface area contributed by atoms with E-state index in [0.29, 0.717) is 5.56 Å². The lowest BCUT2D eigenvalue weighted by Crippen LogP contribution is -2.37. The second-order valence-electron chi connectivity index (χ2n) is 5.20. The minimum Gasteiger partial charge on any atom is -0.497 e. The van der Waals surface area contributed by atoms with E-state index in [0.717, 1.165) is 11.3 Å². The Kier molecular flexibility index (Phi) is 7.70. The van der Waals surface area contributed by atoms with Gasteiger partial charge in [-0.15, -0.1) is 12.4 Å². The lowest BCUT2D eigenvalue weighted by atomic mass is 10.1. The average Bonchev–Trinajstić information content (AvgIpc) is 2.99. The molecule has 0 aliphatic rings. The number of aromatic nitrogens is 2. The van der Waals surface area contributed by atoms with Crippen LogP contribution in [0.4, 0.5) is 0 Å². The first-order valence-corrected chi connectivity index (χ1v) is 7.30. The molecule has 7 nitrogen and oxygen atoms in total. The molecule has 2 rings (SSSR count). The first-order chi connectivity index (χ1) is 11.0. The number of carbonyl (C=O) groups is 1. The first kappa shape index (κ1) is 20.0. The average molecular weight is 355 g/mol. The van der Waals surface area contributed by atoms with Crippen LogP contribution in [0.15, 0.2) is 36.7 Å². The number of likely N-dealkylation sites (N-methyl/N-ethyl adjacent to an activating group) is 1. The highest BCUT2D eigenvalue weighted by atomic mass is 35.5. The molecule has 0 fully saturated rings. The largest absolute Gasteiger partial charge is 0.497 e. The Morgan fingerprint density at radius 3 is 2.50 bits per heavy atom. The van der Waals surface area contributed by atoms with Gasteiger partial charge in [0.05, 0.1) is 19.4 Å². The predicted octanol–water partition coefficient (Wildman–Crippen LogP) is 0.961. The first-order valence-electron chi connectivity index (χ1n) is 7.30. The second kappa shape index (κ2) is 9.27. The molecule has 2 unspecified atom stereocenters. The van der Waals surface area contributed by atoms with Crippen LogP contribution in [0, 0.1) is 0 Å². The van der Waals surface area contributed by atoms with E-state index in [9.17, 15) is 9.90 Å². The summed E-state index contributed by atoms with van der Waals surface area (Å²) < 4.78 is 6.71. The molecule has 3 N–H and O–H groups in total. The van der Waals surface area contributed by atoms with Crippen molar-refractivity contribution >= 4 is 18.3 Å². The Morgan fingerprint density at radius 1 is 1.33 bits per heavy atom. The van der Waals surface area contributed by atoms with E-state index in [-0.39, 0.29) is 24.9 Å². The summed E-state index contributed by atoms with van der Waals surface area (Å²) in [6, 6.07) is 6.57. The Balaban J connectivity index is 0.00000288.